The van der Waals surface area contributed by atoms with Gasteiger partial charge in [0.05, 0.1) is 16.8 Å². The van der Waals surface area contributed by atoms with E-state index in [0.717, 1.165) is 23.5 Å². The van der Waals surface area contributed by atoms with Crippen molar-refractivity contribution in [2.24, 2.45) is 5.73 Å². The molecular formula is C16H13F3N4OS. The van der Waals surface area contributed by atoms with Crippen molar-refractivity contribution in [3.05, 3.63) is 57.6 Å². The van der Waals surface area contributed by atoms with Gasteiger partial charge in [-0.25, -0.2) is 4.98 Å². The molecular weight excluding hydrogens is 353 g/mol. The van der Waals surface area contributed by atoms with Gasteiger partial charge in [0.1, 0.15) is 4.70 Å². The number of halogens is 3. The summed E-state index contributed by atoms with van der Waals surface area (Å²) in [6, 6.07) is 4.91. The fourth-order valence-electron chi connectivity index (χ4n) is 2.36. The van der Waals surface area contributed by atoms with E-state index in [2.05, 4.69) is 15.3 Å². The number of hydrogen-bond acceptors (Lipinski definition) is 5. The number of thiophene rings is 1. The number of H-pyrrole nitrogens is 1. The lowest BCUT2D eigenvalue weighted by molar-refractivity contribution is -0.137. The first kappa shape index (κ1) is 17.0. The molecule has 0 unspecified atom stereocenters. The molecule has 0 radical (unpaired) electrons. The highest BCUT2D eigenvalue weighted by molar-refractivity contribution is 7.17. The second-order valence-corrected chi connectivity index (χ2v) is 6.09. The Morgan fingerprint density at radius 3 is 2.84 bits per heavy atom. The van der Waals surface area contributed by atoms with Crippen LogP contribution in [0.2, 0.25) is 0 Å². The van der Waals surface area contributed by atoms with E-state index in [1.54, 1.807) is 18.5 Å². The third-order valence-corrected chi connectivity index (χ3v) is 4.47. The van der Waals surface area contributed by atoms with Gasteiger partial charge in [0, 0.05) is 24.2 Å². The van der Waals surface area contributed by atoms with Crippen molar-refractivity contribution < 1.29 is 13.2 Å². The first-order valence-electron chi connectivity index (χ1n) is 7.13. The van der Waals surface area contributed by atoms with Crippen LogP contribution in [-0.4, -0.2) is 17.0 Å². The second-order valence-electron chi connectivity index (χ2n) is 5.21. The molecule has 1 aromatic carbocycles. The summed E-state index contributed by atoms with van der Waals surface area (Å²) in [5.41, 5.74) is 5.99. The van der Waals surface area contributed by atoms with Crippen molar-refractivity contribution in [3.8, 4) is 11.1 Å². The lowest BCUT2D eigenvalue weighted by Crippen LogP contribution is -2.14. The molecule has 0 atom stereocenters. The molecule has 3 aromatic rings. The van der Waals surface area contributed by atoms with Crippen molar-refractivity contribution in [3.63, 3.8) is 0 Å². The van der Waals surface area contributed by atoms with Gasteiger partial charge in [0.2, 0.25) is 0 Å². The molecule has 3 rings (SSSR count). The van der Waals surface area contributed by atoms with Crippen LogP contribution in [0, 0.1) is 0 Å². The Balaban J connectivity index is 2.21. The Kier molecular flexibility index (Phi) is 4.25. The molecule has 4 N–H and O–H groups in total. The van der Waals surface area contributed by atoms with E-state index in [1.807, 2.05) is 0 Å². The molecule has 0 saturated carbocycles. The normalized spacial score (nSPS) is 12.6. The number of alkyl halides is 3. The summed E-state index contributed by atoms with van der Waals surface area (Å²) >= 11 is 1.12. The molecule has 25 heavy (non-hydrogen) atoms. The highest BCUT2D eigenvalue weighted by Crippen LogP contribution is 2.35. The molecule has 0 aliphatic rings. The third kappa shape index (κ3) is 3.22. The number of benzene rings is 1. The van der Waals surface area contributed by atoms with Crippen molar-refractivity contribution >= 4 is 27.3 Å². The molecule has 0 amide bonds. The predicted molar refractivity (Wildman–Crippen MR) is 91.9 cm³/mol. The number of nitrogens with two attached hydrogens (primary N) is 1. The minimum Gasteiger partial charge on any atom is -0.395 e. The first-order valence-corrected chi connectivity index (χ1v) is 8.01. The number of rotatable bonds is 3. The maximum atomic E-state index is 12.9. The number of hydrogen-bond donors (Lipinski definition) is 3. The zero-order valence-corrected chi connectivity index (χ0v) is 13.8. The summed E-state index contributed by atoms with van der Waals surface area (Å²) in [7, 11) is 1.64. The van der Waals surface area contributed by atoms with Crippen LogP contribution >= 0.6 is 11.3 Å². The van der Waals surface area contributed by atoms with E-state index in [1.165, 1.54) is 12.3 Å². The molecule has 0 fully saturated rings. The van der Waals surface area contributed by atoms with Gasteiger partial charge in [-0.3, -0.25) is 4.79 Å². The van der Waals surface area contributed by atoms with Crippen molar-refractivity contribution in [2.45, 2.75) is 6.18 Å². The zero-order valence-electron chi connectivity index (χ0n) is 12.9. The van der Waals surface area contributed by atoms with Gasteiger partial charge in [0.25, 0.3) is 5.56 Å². The number of nitrogens with one attached hydrogen (secondary N) is 2. The van der Waals surface area contributed by atoms with Gasteiger partial charge < -0.3 is 16.0 Å². The molecule has 0 saturated heterocycles. The van der Waals surface area contributed by atoms with Gasteiger partial charge in [0.15, 0.2) is 5.82 Å². The Morgan fingerprint density at radius 2 is 2.16 bits per heavy atom. The van der Waals surface area contributed by atoms with Crippen LogP contribution in [0.3, 0.4) is 0 Å². The third-order valence-electron chi connectivity index (χ3n) is 3.50. The molecule has 130 valence electrons. The molecule has 0 spiro atoms. The largest absolute Gasteiger partial charge is 0.416 e. The highest BCUT2D eigenvalue weighted by Gasteiger charge is 2.30. The monoisotopic (exact) mass is 366 g/mol. The molecule has 2 heterocycles. The minimum atomic E-state index is -4.45. The molecule has 0 aliphatic heterocycles. The van der Waals surface area contributed by atoms with Crippen LogP contribution in [-0.2, 0) is 6.18 Å². The number of aromatic amines is 1. The maximum absolute atomic E-state index is 12.9. The second kappa shape index (κ2) is 6.25. The van der Waals surface area contributed by atoms with E-state index < -0.39 is 17.3 Å². The summed E-state index contributed by atoms with van der Waals surface area (Å²) < 4.78 is 39.2. The summed E-state index contributed by atoms with van der Waals surface area (Å²) in [5, 5.41) is 4.34. The smallest absolute Gasteiger partial charge is 0.395 e. The Bertz CT molecular complexity index is 1020. The van der Waals surface area contributed by atoms with Gasteiger partial charge in [-0.2, -0.15) is 13.2 Å². The lowest BCUT2D eigenvalue weighted by Gasteiger charge is -2.08. The van der Waals surface area contributed by atoms with Crippen LogP contribution in [0.5, 0.6) is 0 Å². The lowest BCUT2D eigenvalue weighted by atomic mass is 10.0. The van der Waals surface area contributed by atoms with Gasteiger partial charge >= 0.3 is 6.18 Å². The quantitative estimate of drug-likeness (QED) is 0.665. The Labute approximate surface area is 144 Å². The van der Waals surface area contributed by atoms with Crippen LogP contribution in [0.1, 0.15) is 11.4 Å². The predicted octanol–water partition coefficient (Wildman–Crippen LogP) is 3.15. The number of fused-ring (bicyclic) bond motifs is 1. The SMILES string of the molecule is CN/C=C(\N)c1nc2c(-c3cccc(C(F)(F)F)c3)csc2c(=O)[nH]1. The molecule has 0 aliphatic carbocycles. The summed E-state index contributed by atoms with van der Waals surface area (Å²) in [6.45, 7) is 0. The highest BCUT2D eigenvalue weighted by atomic mass is 32.1. The van der Waals surface area contributed by atoms with E-state index in [0.29, 0.717) is 21.3 Å². The van der Waals surface area contributed by atoms with Crippen LogP contribution in [0.4, 0.5) is 13.2 Å². The average Bonchev–Trinajstić information content (AvgIpc) is 2.99. The van der Waals surface area contributed by atoms with Crippen LogP contribution in [0.25, 0.3) is 27.0 Å². The van der Waals surface area contributed by atoms with E-state index in [9.17, 15) is 18.0 Å². The van der Waals surface area contributed by atoms with E-state index >= 15 is 0 Å². The van der Waals surface area contributed by atoms with Gasteiger partial charge in [-0.05, 0) is 17.7 Å². The minimum absolute atomic E-state index is 0.151. The van der Waals surface area contributed by atoms with Crippen molar-refractivity contribution in [1.82, 2.24) is 15.3 Å². The molecule has 5 nitrogen and oxygen atoms in total. The summed E-state index contributed by atoms with van der Waals surface area (Å²) in [4.78, 5) is 19.1. The molecule has 9 heteroatoms. The number of nitrogens with zero attached hydrogens (tertiary/aromatic N) is 1. The van der Waals surface area contributed by atoms with Gasteiger partial charge in [-0.15, -0.1) is 11.3 Å². The van der Waals surface area contributed by atoms with Gasteiger partial charge in [-0.1, -0.05) is 12.1 Å². The average molecular weight is 366 g/mol. The fourth-order valence-corrected chi connectivity index (χ4v) is 3.27. The summed E-state index contributed by atoms with van der Waals surface area (Å²) in [6.07, 6.45) is -2.99. The van der Waals surface area contributed by atoms with E-state index in [-0.39, 0.29) is 11.5 Å². The Morgan fingerprint density at radius 1 is 1.40 bits per heavy atom. The molecule has 0 bridgehead atoms. The van der Waals surface area contributed by atoms with Crippen molar-refractivity contribution in [1.29, 1.82) is 0 Å². The molecule has 2 aromatic heterocycles. The number of aromatic nitrogens is 2. The summed E-state index contributed by atoms with van der Waals surface area (Å²) in [5.74, 6) is 0.151. The fraction of sp³-hybridized carbons (Fsp3) is 0.125. The van der Waals surface area contributed by atoms with Crippen LogP contribution in [0.15, 0.2) is 40.6 Å². The topological polar surface area (TPSA) is 83.8 Å². The maximum Gasteiger partial charge on any atom is 0.416 e. The van der Waals surface area contributed by atoms with E-state index in [4.69, 9.17) is 5.73 Å². The zero-order chi connectivity index (χ0) is 18.2. The first-order chi connectivity index (χ1) is 11.8. The Hall–Kier alpha value is -2.81. The van der Waals surface area contributed by atoms with Crippen LogP contribution < -0.4 is 16.6 Å². The standard InChI is InChI=1S/C16H13F3N4OS/c1-21-6-11(20)14-22-12-10(7-25-13(12)15(24)23-14)8-3-2-4-9(5-8)16(17,18)19/h2-7,21H,20H2,1H3,(H,22,23,24)/b11-6-. The van der Waals surface area contributed by atoms with Crippen molar-refractivity contribution in [2.75, 3.05) is 7.05 Å².